The van der Waals surface area contributed by atoms with Crippen LogP contribution in [0.5, 0.6) is 0 Å². The molecule has 0 aliphatic rings. The Balaban J connectivity index is 0. The lowest BCUT2D eigenvalue weighted by Gasteiger charge is -2.24. The van der Waals surface area contributed by atoms with E-state index in [1.54, 1.807) is 0 Å². The average Bonchev–Trinajstić information content (AvgIpc) is 2.18. The van der Waals surface area contributed by atoms with Gasteiger partial charge < -0.3 is 15.1 Å². The predicted octanol–water partition coefficient (Wildman–Crippen LogP) is 1.67. The maximum absolute atomic E-state index is 10.4. The molecule has 0 radical (unpaired) electrons. The van der Waals surface area contributed by atoms with Gasteiger partial charge in [-0.15, -0.1) is 11.6 Å². The zero-order chi connectivity index (χ0) is 14.2. The largest absolute Gasteiger partial charge is 0.480 e. The van der Waals surface area contributed by atoms with Gasteiger partial charge in [0.15, 0.2) is 0 Å². The van der Waals surface area contributed by atoms with E-state index in [1.165, 1.54) is 6.92 Å². The van der Waals surface area contributed by atoms with E-state index >= 15 is 0 Å². The van der Waals surface area contributed by atoms with Crippen molar-refractivity contribution in [2.75, 3.05) is 14.1 Å². The molecular formula is C11H20ClNO4. The third kappa shape index (κ3) is 8.71. The average molecular weight is 266 g/mol. The molecule has 0 aliphatic heterocycles. The first kappa shape index (κ1) is 18.3. The predicted molar refractivity (Wildman–Crippen MR) is 67.5 cm³/mol. The van der Waals surface area contributed by atoms with Gasteiger partial charge in [-0.05, 0) is 27.4 Å². The summed E-state index contributed by atoms with van der Waals surface area (Å²) in [6.45, 7) is 6.52. The molecule has 6 heteroatoms. The van der Waals surface area contributed by atoms with Crippen LogP contribution in [0.15, 0.2) is 12.2 Å². The van der Waals surface area contributed by atoms with Crippen molar-refractivity contribution >= 4 is 23.5 Å². The van der Waals surface area contributed by atoms with Crippen molar-refractivity contribution in [2.24, 2.45) is 0 Å². The zero-order valence-corrected chi connectivity index (χ0v) is 11.4. The van der Waals surface area contributed by atoms with Crippen molar-refractivity contribution in [2.45, 2.75) is 31.7 Å². The van der Waals surface area contributed by atoms with Gasteiger partial charge in [-0.2, -0.15) is 0 Å². The Morgan fingerprint density at radius 2 is 1.71 bits per heavy atom. The lowest BCUT2D eigenvalue weighted by Crippen LogP contribution is -2.39. The van der Waals surface area contributed by atoms with E-state index in [0.29, 0.717) is 0 Å². The van der Waals surface area contributed by atoms with E-state index < -0.39 is 17.3 Å². The van der Waals surface area contributed by atoms with Gasteiger partial charge in [0.1, 0.15) is 5.38 Å². The van der Waals surface area contributed by atoms with E-state index in [2.05, 4.69) is 6.58 Å². The Hall–Kier alpha value is -1.07. The van der Waals surface area contributed by atoms with Crippen LogP contribution in [-0.4, -0.2) is 52.6 Å². The third-order valence-electron chi connectivity index (χ3n) is 2.02. The summed E-state index contributed by atoms with van der Waals surface area (Å²) in [7, 11) is 3.65. The highest BCUT2D eigenvalue weighted by Crippen LogP contribution is 2.11. The number of halogens is 1. The second-order valence-corrected chi connectivity index (χ2v) is 4.23. The summed E-state index contributed by atoms with van der Waals surface area (Å²) in [5.41, 5.74) is 0.176. The van der Waals surface area contributed by atoms with Crippen molar-refractivity contribution < 1.29 is 19.8 Å². The van der Waals surface area contributed by atoms with Gasteiger partial charge in [-0.1, -0.05) is 13.5 Å². The van der Waals surface area contributed by atoms with Crippen LogP contribution in [0.3, 0.4) is 0 Å². The first-order chi connectivity index (χ1) is 7.64. The number of carboxylic acid groups (broad SMARTS) is 2. The normalized spacial score (nSPS) is 13.3. The number of nitrogens with zero attached hydrogens (tertiary/aromatic N) is 1. The summed E-state index contributed by atoms with van der Waals surface area (Å²) in [6, 6.07) is -0.0887. The molecule has 100 valence electrons. The van der Waals surface area contributed by atoms with Crippen LogP contribution >= 0.6 is 11.6 Å². The lowest BCUT2D eigenvalue weighted by molar-refractivity contribution is -0.138. The van der Waals surface area contributed by atoms with Gasteiger partial charge in [0.05, 0.1) is 0 Å². The fraction of sp³-hybridized carbons (Fsp3) is 0.636. The molecule has 2 atom stereocenters. The topological polar surface area (TPSA) is 77.8 Å². The SMILES string of the molecule is C=C(C)C(=O)O.CCC(C(Cl)C(=O)O)N(C)C. The third-order valence-corrected chi connectivity index (χ3v) is 2.50. The van der Waals surface area contributed by atoms with Gasteiger partial charge in [0, 0.05) is 11.6 Å². The lowest BCUT2D eigenvalue weighted by atomic mass is 10.1. The highest BCUT2D eigenvalue weighted by Gasteiger charge is 2.25. The fourth-order valence-electron chi connectivity index (χ4n) is 0.998. The first-order valence-electron chi connectivity index (χ1n) is 5.07. The highest BCUT2D eigenvalue weighted by atomic mass is 35.5. The first-order valence-corrected chi connectivity index (χ1v) is 5.50. The Morgan fingerprint density at radius 1 is 1.35 bits per heavy atom. The van der Waals surface area contributed by atoms with Gasteiger partial charge in [-0.25, -0.2) is 4.79 Å². The van der Waals surface area contributed by atoms with Crippen molar-refractivity contribution in [3.05, 3.63) is 12.2 Å². The van der Waals surface area contributed by atoms with Gasteiger partial charge in [-0.3, -0.25) is 4.79 Å². The molecule has 2 unspecified atom stereocenters. The quantitative estimate of drug-likeness (QED) is 0.584. The Labute approximate surface area is 107 Å². The van der Waals surface area contributed by atoms with E-state index in [1.807, 2.05) is 25.9 Å². The standard InChI is InChI=1S/C7H14ClNO2.C4H6O2/c1-4-5(9(2)3)6(8)7(10)11;1-3(2)4(5)6/h5-6H,4H2,1-3H3,(H,10,11);1H2,2H3,(H,5,6). The summed E-state index contributed by atoms with van der Waals surface area (Å²) >= 11 is 5.64. The van der Waals surface area contributed by atoms with Crippen LogP contribution in [-0.2, 0) is 9.59 Å². The van der Waals surface area contributed by atoms with Gasteiger partial charge >= 0.3 is 11.9 Å². The molecule has 0 spiro atoms. The Morgan fingerprint density at radius 3 is 1.76 bits per heavy atom. The highest BCUT2D eigenvalue weighted by molar-refractivity contribution is 6.30. The zero-order valence-electron chi connectivity index (χ0n) is 10.6. The van der Waals surface area contributed by atoms with E-state index in [-0.39, 0.29) is 11.6 Å². The van der Waals surface area contributed by atoms with Crippen molar-refractivity contribution in [3.63, 3.8) is 0 Å². The van der Waals surface area contributed by atoms with Crippen molar-refractivity contribution in [3.8, 4) is 0 Å². The maximum Gasteiger partial charge on any atom is 0.330 e. The summed E-state index contributed by atoms with van der Waals surface area (Å²) in [6.07, 6.45) is 0.744. The van der Waals surface area contributed by atoms with Gasteiger partial charge in [0.2, 0.25) is 0 Å². The molecule has 17 heavy (non-hydrogen) atoms. The molecule has 0 aromatic heterocycles. The monoisotopic (exact) mass is 265 g/mol. The molecule has 0 saturated carbocycles. The minimum Gasteiger partial charge on any atom is -0.480 e. The molecule has 0 aliphatic carbocycles. The van der Waals surface area contributed by atoms with Gasteiger partial charge in [0.25, 0.3) is 0 Å². The number of carboxylic acids is 2. The van der Waals surface area contributed by atoms with Crippen LogP contribution < -0.4 is 0 Å². The number of hydrogen-bond acceptors (Lipinski definition) is 3. The molecular weight excluding hydrogens is 246 g/mol. The van der Waals surface area contributed by atoms with Crippen molar-refractivity contribution in [1.29, 1.82) is 0 Å². The molecule has 0 bridgehead atoms. The second kappa shape index (κ2) is 9.01. The molecule has 0 rings (SSSR count). The maximum atomic E-state index is 10.4. The number of carbonyl (C=O) groups is 2. The second-order valence-electron chi connectivity index (χ2n) is 3.76. The minimum absolute atomic E-state index is 0.0887. The van der Waals surface area contributed by atoms with E-state index in [9.17, 15) is 9.59 Å². The van der Waals surface area contributed by atoms with Crippen molar-refractivity contribution in [1.82, 2.24) is 4.90 Å². The molecule has 0 aromatic rings. The molecule has 0 saturated heterocycles. The number of aliphatic carboxylic acids is 2. The van der Waals surface area contributed by atoms with E-state index in [4.69, 9.17) is 21.8 Å². The minimum atomic E-state index is -0.952. The summed E-state index contributed by atoms with van der Waals surface area (Å²) in [4.78, 5) is 21.9. The molecule has 0 fully saturated rings. The molecule has 0 heterocycles. The van der Waals surface area contributed by atoms with Crippen LogP contribution in [0, 0.1) is 0 Å². The number of alkyl halides is 1. The van der Waals surface area contributed by atoms with E-state index in [0.717, 1.165) is 6.42 Å². The molecule has 5 nitrogen and oxygen atoms in total. The van der Waals surface area contributed by atoms with Crippen LogP contribution in [0.4, 0.5) is 0 Å². The summed E-state index contributed by atoms with van der Waals surface area (Å²) in [5.74, 6) is -1.89. The smallest absolute Gasteiger partial charge is 0.330 e. The Bertz CT molecular complexity index is 267. The molecule has 2 N–H and O–H groups in total. The molecule has 0 amide bonds. The summed E-state index contributed by atoms with van der Waals surface area (Å²) in [5, 5.41) is 15.7. The number of hydrogen-bond donors (Lipinski definition) is 2. The Kier molecular flexibility index (Phi) is 9.70. The summed E-state index contributed by atoms with van der Waals surface area (Å²) < 4.78 is 0. The number of rotatable bonds is 5. The fourth-order valence-corrected chi connectivity index (χ4v) is 1.40. The van der Waals surface area contributed by atoms with Crippen LogP contribution in [0.2, 0.25) is 0 Å². The molecule has 0 aromatic carbocycles. The van der Waals surface area contributed by atoms with Crippen LogP contribution in [0.25, 0.3) is 0 Å². The van der Waals surface area contributed by atoms with Crippen LogP contribution in [0.1, 0.15) is 20.3 Å².